The number of hydrogen-bond donors (Lipinski definition) is 1. The van der Waals surface area contributed by atoms with Crippen molar-refractivity contribution in [3.63, 3.8) is 0 Å². The lowest BCUT2D eigenvalue weighted by Gasteiger charge is -2.12. The summed E-state index contributed by atoms with van der Waals surface area (Å²) in [5, 5.41) is 4.86. The maximum Gasteiger partial charge on any atom is 0.0542 e. The second kappa shape index (κ2) is 6.64. The van der Waals surface area contributed by atoms with Gasteiger partial charge < -0.3 is 5.32 Å². The highest BCUT2D eigenvalue weighted by Crippen LogP contribution is 2.30. The Morgan fingerprint density at radius 3 is 2.80 bits per heavy atom. The van der Waals surface area contributed by atoms with E-state index in [0.29, 0.717) is 6.04 Å². The van der Waals surface area contributed by atoms with Crippen LogP contribution in [0, 0.1) is 0 Å². The summed E-state index contributed by atoms with van der Waals surface area (Å²) in [5.74, 6) is 0.994. The summed E-state index contributed by atoms with van der Waals surface area (Å²) in [6.07, 6.45) is 0. The third-order valence-corrected chi connectivity index (χ3v) is 3.93. The van der Waals surface area contributed by atoms with Crippen LogP contribution in [0.4, 0.5) is 0 Å². The van der Waals surface area contributed by atoms with Gasteiger partial charge in [0.1, 0.15) is 0 Å². The molecule has 0 fully saturated rings. The van der Waals surface area contributed by atoms with E-state index in [9.17, 15) is 0 Å². The molecule has 0 aliphatic heterocycles. The van der Waals surface area contributed by atoms with Crippen molar-refractivity contribution < 1.29 is 0 Å². The largest absolute Gasteiger partial charge is 0.314 e. The zero-order valence-electron chi connectivity index (χ0n) is 8.89. The second-order valence-corrected chi connectivity index (χ2v) is 5.25. The van der Waals surface area contributed by atoms with Crippen LogP contribution in [0.5, 0.6) is 0 Å². The molecule has 0 radical (unpaired) electrons. The van der Waals surface area contributed by atoms with Gasteiger partial charge in [-0.05, 0) is 31.7 Å². The van der Waals surface area contributed by atoms with Crippen molar-refractivity contribution in [1.82, 2.24) is 5.32 Å². The number of nitrogens with one attached hydrogen (secondary N) is 1. The van der Waals surface area contributed by atoms with Gasteiger partial charge >= 0.3 is 0 Å². The third-order valence-electron chi connectivity index (χ3n) is 1.93. The van der Waals surface area contributed by atoms with Gasteiger partial charge in [0.15, 0.2) is 0 Å². The topological polar surface area (TPSA) is 12.0 Å². The highest BCUT2D eigenvalue weighted by Gasteiger charge is 2.05. The Balaban J connectivity index is 2.53. The van der Waals surface area contributed by atoms with Crippen LogP contribution in [0.1, 0.15) is 13.8 Å². The molecule has 1 N–H and O–H groups in total. The lowest BCUT2D eigenvalue weighted by molar-refractivity contribution is 0.620. The first-order chi connectivity index (χ1) is 7.13. The SMILES string of the molecule is CCNC(C)CSc1cc(Cl)ccc1Cl. The second-order valence-electron chi connectivity index (χ2n) is 3.34. The van der Waals surface area contributed by atoms with Gasteiger partial charge in [0, 0.05) is 21.7 Å². The fraction of sp³-hybridized carbons (Fsp3) is 0.455. The molecule has 1 atom stereocenters. The van der Waals surface area contributed by atoms with Gasteiger partial charge in [-0.2, -0.15) is 0 Å². The fourth-order valence-electron chi connectivity index (χ4n) is 1.21. The van der Waals surface area contributed by atoms with Crippen LogP contribution in [-0.2, 0) is 0 Å². The molecule has 4 heteroatoms. The van der Waals surface area contributed by atoms with E-state index in [2.05, 4.69) is 19.2 Å². The van der Waals surface area contributed by atoms with E-state index in [1.54, 1.807) is 11.8 Å². The molecule has 1 unspecified atom stereocenters. The first-order valence-corrected chi connectivity index (χ1v) is 6.69. The van der Waals surface area contributed by atoms with E-state index in [1.807, 2.05) is 18.2 Å². The summed E-state index contributed by atoms with van der Waals surface area (Å²) in [6.45, 7) is 5.26. The molecule has 1 rings (SSSR count). The maximum atomic E-state index is 6.06. The standard InChI is InChI=1S/C11H15Cl2NS/c1-3-14-8(2)7-15-11-6-9(12)4-5-10(11)13/h4-6,8,14H,3,7H2,1-2H3. The van der Waals surface area contributed by atoms with Gasteiger partial charge in [-0.25, -0.2) is 0 Å². The van der Waals surface area contributed by atoms with Crippen molar-refractivity contribution in [1.29, 1.82) is 0 Å². The zero-order chi connectivity index (χ0) is 11.3. The summed E-state index contributed by atoms with van der Waals surface area (Å²) >= 11 is 13.7. The highest BCUT2D eigenvalue weighted by atomic mass is 35.5. The van der Waals surface area contributed by atoms with Crippen LogP contribution < -0.4 is 5.32 Å². The lowest BCUT2D eigenvalue weighted by atomic mass is 10.4. The maximum absolute atomic E-state index is 6.06. The number of halogens is 2. The van der Waals surface area contributed by atoms with Gasteiger partial charge in [-0.3, -0.25) is 0 Å². The van der Waals surface area contributed by atoms with Crippen LogP contribution in [-0.4, -0.2) is 18.3 Å². The molecule has 0 amide bonds. The first-order valence-electron chi connectivity index (χ1n) is 4.94. The van der Waals surface area contributed by atoms with Gasteiger partial charge in [-0.1, -0.05) is 30.1 Å². The highest BCUT2D eigenvalue weighted by molar-refractivity contribution is 7.99. The average Bonchev–Trinajstić information content (AvgIpc) is 2.20. The number of thioether (sulfide) groups is 1. The van der Waals surface area contributed by atoms with Gasteiger partial charge in [0.05, 0.1) is 5.02 Å². The molecule has 1 aromatic carbocycles. The molecular formula is C11H15Cl2NS. The Labute approximate surface area is 106 Å². The molecule has 0 bridgehead atoms. The molecule has 1 nitrogen and oxygen atoms in total. The van der Waals surface area contributed by atoms with Crippen LogP contribution in [0.2, 0.25) is 10.0 Å². The summed E-state index contributed by atoms with van der Waals surface area (Å²) in [5.41, 5.74) is 0. The van der Waals surface area contributed by atoms with Crippen molar-refractivity contribution in [2.24, 2.45) is 0 Å². The van der Waals surface area contributed by atoms with E-state index in [4.69, 9.17) is 23.2 Å². The summed E-state index contributed by atoms with van der Waals surface area (Å²) < 4.78 is 0. The van der Waals surface area contributed by atoms with E-state index in [0.717, 1.165) is 27.2 Å². The van der Waals surface area contributed by atoms with E-state index in [-0.39, 0.29) is 0 Å². The normalized spacial score (nSPS) is 12.8. The molecule has 84 valence electrons. The quantitative estimate of drug-likeness (QED) is 0.804. The van der Waals surface area contributed by atoms with Crippen molar-refractivity contribution in [2.75, 3.05) is 12.3 Å². The Bertz CT molecular complexity index is 317. The van der Waals surface area contributed by atoms with Crippen molar-refractivity contribution in [2.45, 2.75) is 24.8 Å². The lowest BCUT2D eigenvalue weighted by Crippen LogP contribution is -2.27. The van der Waals surface area contributed by atoms with Gasteiger partial charge in [0.25, 0.3) is 0 Å². The summed E-state index contributed by atoms with van der Waals surface area (Å²) in [7, 11) is 0. The molecule has 0 aliphatic carbocycles. The number of benzene rings is 1. The zero-order valence-corrected chi connectivity index (χ0v) is 11.2. The smallest absolute Gasteiger partial charge is 0.0542 e. The fourth-order valence-corrected chi connectivity index (χ4v) is 2.69. The monoisotopic (exact) mass is 263 g/mol. The Kier molecular flexibility index (Phi) is 5.83. The average molecular weight is 264 g/mol. The van der Waals surface area contributed by atoms with Crippen molar-refractivity contribution in [3.8, 4) is 0 Å². The van der Waals surface area contributed by atoms with E-state index in [1.165, 1.54) is 0 Å². The Hall–Kier alpha value is 0.110. The number of rotatable bonds is 5. The summed E-state index contributed by atoms with van der Waals surface area (Å²) in [4.78, 5) is 1.05. The molecule has 0 heterocycles. The molecule has 0 spiro atoms. The summed E-state index contributed by atoms with van der Waals surface area (Å²) in [6, 6.07) is 6.04. The molecule has 0 saturated heterocycles. The predicted molar refractivity (Wildman–Crippen MR) is 70.3 cm³/mol. The van der Waals surface area contributed by atoms with Gasteiger partial charge in [0.2, 0.25) is 0 Å². The predicted octanol–water partition coefficient (Wildman–Crippen LogP) is 4.08. The van der Waals surface area contributed by atoms with Crippen LogP contribution in [0.15, 0.2) is 23.1 Å². The minimum Gasteiger partial charge on any atom is -0.314 e. The minimum atomic E-state index is 0.482. The van der Waals surface area contributed by atoms with E-state index >= 15 is 0 Å². The Morgan fingerprint density at radius 1 is 1.40 bits per heavy atom. The molecular weight excluding hydrogens is 249 g/mol. The van der Waals surface area contributed by atoms with E-state index < -0.39 is 0 Å². The number of hydrogen-bond acceptors (Lipinski definition) is 2. The first kappa shape index (κ1) is 13.2. The van der Waals surface area contributed by atoms with Crippen LogP contribution in [0.25, 0.3) is 0 Å². The van der Waals surface area contributed by atoms with Crippen molar-refractivity contribution in [3.05, 3.63) is 28.2 Å². The third kappa shape index (κ3) is 4.64. The molecule has 1 aromatic rings. The molecule has 0 saturated carbocycles. The van der Waals surface area contributed by atoms with Crippen LogP contribution >= 0.6 is 35.0 Å². The van der Waals surface area contributed by atoms with Crippen LogP contribution in [0.3, 0.4) is 0 Å². The molecule has 0 aromatic heterocycles. The van der Waals surface area contributed by atoms with Crippen molar-refractivity contribution >= 4 is 35.0 Å². The van der Waals surface area contributed by atoms with Gasteiger partial charge in [-0.15, -0.1) is 11.8 Å². The molecule has 15 heavy (non-hydrogen) atoms. The minimum absolute atomic E-state index is 0.482. The molecule has 0 aliphatic rings. The Morgan fingerprint density at radius 2 is 2.13 bits per heavy atom.